The molecule has 6 nitrogen and oxygen atoms in total. The number of carbonyl (C=O) groups excluding carboxylic acids is 1. The van der Waals surface area contributed by atoms with E-state index in [1.807, 2.05) is 55.3 Å². The average molecular weight is 463 g/mol. The molecule has 0 N–H and O–H groups in total. The van der Waals surface area contributed by atoms with Crippen LogP contribution in [0.2, 0.25) is 5.02 Å². The summed E-state index contributed by atoms with van der Waals surface area (Å²) in [6, 6.07) is 9.25. The summed E-state index contributed by atoms with van der Waals surface area (Å²) in [6.45, 7) is 5.28. The topological polar surface area (TPSA) is 68.2 Å². The third-order valence-corrected chi connectivity index (χ3v) is 6.07. The smallest absolute Gasteiger partial charge is 0.260 e. The lowest BCUT2D eigenvalue weighted by Crippen LogP contribution is -2.40. The van der Waals surface area contributed by atoms with Crippen LogP contribution in [0.15, 0.2) is 55.0 Å². The highest BCUT2D eigenvalue weighted by Crippen LogP contribution is 2.31. The number of allylic oxidation sites excluding steroid dienone is 1. The van der Waals surface area contributed by atoms with Crippen LogP contribution in [0.1, 0.15) is 42.5 Å². The second kappa shape index (κ2) is 10.6. The molecule has 7 heteroatoms. The minimum Gasteiger partial charge on any atom is -0.483 e. The van der Waals surface area contributed by atoms with Crippen molar-refractivity contribution in [1.82, 2.24) is 19.9 Å². The quantitative estimate of drug-likeness (QED) is 0.496. The van der Waals surface area contributed by atoms with Crippen LogP contribution in [0.25, 0.3) is 17.5 Å². The van der Waals surface area contributed by atoms with Crippen molar-refractivity contribution in [3.05, 3.63) is 76.8 Å². The molecule has 0 aliphatic carbocycles. The minimum atomic E-state index is -0.00443. The summed E-state index contributed by atoms with van der Waals surface area (Å²) in [6.07, 6.45) is 11.1. The molecular weight excluding hydrogens is 436 g/mol. The summed E-state index contributed by atoms with van der Waals surface area (Å²) >= 11 is 5.99. The lowest BCUT2D eigenvalue weighted by Gasteiger charge is -2.32. The van der Waals surface area contributed by atoms with Gasteiger partial charge in [0.15, 0.2) is 12.4 Å². The fourth-order valence-electron chi connectivity index (χ4n) is 4.08. The molecule has 2 aromatic heterocycles. The van der Waals surface area contributed by atoms with Gasteiger partial charge in [0.05, 0.1) is 5.69 Å². The van der Waals surface area contributed by atoms with Gasteiger partial charge in [0, 0.05) is 53.7 Å². The van der Waals surface area contributed by atoms with Crippen LogP contribution in [-0.2, 0) is 4.79 Å². The van der Waals surface area contributed by atoms with E-state index in [1.54, 1.807) is 24.5 Å². The summed E-state index contributed by atoms with van der Waals surface area (Å²) in [5, 5.41) is 0.655. The van der Waals surface area contributed by atoms with Crippen molar-refractivity contribution in [2.24, 2.45) is 0 Å². The number of amides is 1. The van der Waals surface area contributed by atoms with Gasteiger partial charge in [-0.15, -0.1) is 0 Å². The lowest BCUT2D eigenvalue weighted by molar-refractivity contribution is -0.134. The highest BCUT2D eigenvalue weighted by atomic mass is 35.5. The molecule has 0 saturated carbocycles. The molecule has 0 unspecified atom stereocenters. The van der Waals surface area contributed by atoms with Crippen LogP contribution in [-0.4, -0.2) is 45.5 Å². The van der Waals surface area contributed by atoms with Crippen LogP contribution in [0.4, 0.5) is 0 Å². The van der Waals surface area contributed by atoms with Crippen molar-refractivity contribution in [1.29, 1.82) is 0 Å². The zero-order valence-corrected chi connectivity index (χ0v) is 19.6. The molecule has 0 radical (unpaired) electrons. The number of rotatable bonds is 6. The van der Waals surface area contributed by atoms with E-state index in [4.69, 9.17) is 21.3 Å². The van der Waals surface area contributed by atoms with Gasteiger partial charge in [0.25, 0.3) is 5.91 Å². The number of likely N-dealkylation sites (tertiary alicyclic amines) is 1. The molecule has 0 bridgehead atoms. The summed E-state index contributed by atoms with van der Waals surface area (Å²) < 4.78 is 5.75. The number of halogens is 1. The summed E-state index contributed by atoms with van der Waals surface area (Å²) in [5.41, 5.74) is 3.87. The number of carbonyl (C=O) groups is 1. The number of benzene rings is 1. The van der Waals surface area contributed by atoms with Gasteiger partial charge in [0.1, 0.15) is 5.75 Å². The largest absolute Gasteiger partial charge is 0.483 e. The van der Waals surface area contributed by atoms with Crippen LogP contribution in [0.5, 0.6) is 5.75 Å². The molecule has 3 heterocycles. The maximum atomic E-state index is 12.7. The van der Waals surface area contributed by atoms with E-state index in [1.165, 1.54) is 0 Å². The van der Waals surface area contributed by atoms with E-state index in [2.05, 4.69) is 9.97 Å². The maximum Gasteiger partial charge on any atom is 0.260 e. The van der Waals surface area contributed by atoms with E-state index in [0.29, 0.717) is 29.7 Å². The Bertz CT molecular complexity index is 1140. The predicted molar refractivity (Wildman–Crippen MR) is 130 cm³/mol. The van der Waals surface area contributed by atoms with E-state index in [0.717, 1.165) is 35.2 Å². The first-order valence-electron chi connectivity index (χ1n) is 11.1. The predicted octanol–water partition coefficient (Wildman–Crippen LogP) is 5.32. The van der Waals surface area contributed by atoms with Crippen LogP contribution >= 0.6 is 11.6 Å². The monoisotopic (exact) mass is 462 g/mol. The van der Waals surface area contributed by atoms with Gasteiger partial charge in [-0.3, -0.25) is 9.78 Å². The van der Waals surface area contributed by atoms with Crippen LogP contribution in [0.3, 0.4) is 0 Å². The van der Waals surface area contributed by atoms with Gasteiger partial charge in [-0.05, 0) is 62.6 Å². The first kappa shape index (κ1) is 22.9. The molecule has 33 heavy (non-hydrogen) atoms. The number of aromatic nitrogens is 3. The molecule has 3 aromatic rings. The summed E-state index contributed by atoms with van der Waals surface area (Å²) in [5.74, 6) is 1.62. The second-order valence-corrected chi connectivity index (χ2v) is 8.57. The summed E-state index contributed by atoms with van der Waals surface area (Å²) in [7, 11) is 0. The van der Waals surface area contributed by atoms with Gasteiger partial charge < -0.3 is 9.64 Å². The Balaban J connectivity index is 1.42. The van der Waals surface area contributed by atoms with Crippen molar-refractivity contribution in [3.8, 4) is 17.1 Å². The third-order valence-electron chi connectivity index (χ3n) is 5.84. The van der Waals surface area contributed by atoms with E-state index >= 15 is 0 Å². The molecule has 0 spiro atoms. The van der Waals surface area contributed by atoms with Crippen molar-refractivity contribution >= 4 is 23.6 Å². The molecule has 0 atom stereocenters. The van der Waals surface area contributed by atoms with E-state index in [9.17, 15) is 4.79 Å². The fourth-order valence-corrected chi connectivity index (χ4v) is 4.31. The molecule has 1 amide bonds. The second-order valence-electron chi connectivity index (χ2n) is 8.13. The minimum absolute atomic E-state index is 0.00443. The maximum absolute atomic E-state index is 12.7. The van der Waals surface area contributed by atoms with E-state index in [-0.39, 0.29) is 18.4 Å². The Morgan fingerprint density at radius 3 is 2.76 bits per heavy atom. The molecule has 170 valence electrons. The Kier molecular flexibility index (Phi) is 7.35. The van der Waals surface area contributed by atoms with Crippen LogP contribution < -0.4 is 4.74 Å². The van der Waals surface area contributed by atoms with Crippen molar-refractivity contribution in [2.45, 2.75) is 32.6 Å². The molecule has 1 aliphatic heterocycles. The van der Waals surface area contributed by atoms with Crippen molar-refractivity contribution in [2.75, 3.05) is 19.7 Å². The number of ether oxygens (including phenoxy) is 1. The van der Waals surface area contributed by atoms with Crippen molar-refractivity contribution < 1.29 is 9.53 Å². The van der Waals surface area contributed by atoms with Gasteiger partial charge >= 0.3 is 0 Å². The molecule has 1 aliphatic rings. The summed E-state index contributed by atoms with van der Waals surface area (Å²) in [4.78, 5) is 28.2. The van der Waals surface area contributed by atoms with Crippen molar-refractivity contribution in [3.63, 3.8) is 0 Å². The zero-order valence-electron chi connectivity index (χ0n) is 18.9. The number of aryl methyl sites for hydroxylation is 1. The first-order valence-corrected chi connectivity index (χ1v) is 11.5. The number of pyridine rings is 1. The lowest BCUT2D eigenvalue weighted by atomic mass is 9.90. The number of piperidine rings is 1. The Hall–Kier alpha value is -3.25. The van der Waals surface area contributed by atoms with Gasteiger partial charge in [-0.2, -0.15) is 0 Å². The van der Waals surface area contributed by atoms with Gasteiger partial charge in [-0.25, -0.2) is 9.97 Å². The molecule has 1 saturated heterocycles. The highest BCUT2D eigenvalue weighted by Gasteiger charge is 2.27. The van der Waals surface area contributed by atoms with Gasteiger partial charge in [0.2, 0.25) is 0 Å². The van der Waals surface area contributed by atoms with Gasteiger partial charge in [-0.1, -0.05) is 23.8 Å². The molecular formula is C26H27ClN4O2. The normalized spacial score (nSPS) is 14.6. The average Bonchev–Trinajstić information content (AvgIpc) is 2.84. The highest BCUT2D eigenvalue weighted by molar-refractivity contribution is 6.30. The fraction of sp³-hybridized carbons (Fsp3) is 0.308. The number of hydrogen-bond donors (Lipinski definition) is 0. The Labute approximate surface area is 199 Å². The Morgan fingerprint density at radius 1 is 1.24 bits per heavy atom. The molecule has 4 rings (SSSR count). The Morgan fingerprint density at radius 2 is 2.06 bits per heavy atom. The molecule has 1 aromatic carbocycles. The van der Waals surface area contributed by atoms with Crippen LogP contribution in [0, 0.1) is 6.92 Å². The zero-order chi connectivity index (χ0) is 23.2. The molecule has 1 fully saturated rings. The first-order chi connectivity index (χ1) is 16.0. The standard InChI is InChI=1S/C26H27ClN4O2/c1-3-5-20-16-29-26(21-6-4-11-28-15-21)30-25(20)19-9-12-31(13-10-19)24(32)17-33-23-8-7-22(27)14-18(23)2/h3-8,11,14-16,19H,9-10,12-13,17H2,1-2H3/b5-3+. The van der Waals surface area contributed by atoms with E-state index < -0.39 is 0 Å². The SMILES string of the molecule is C/C=C/c1cnc(-c2cccnc2)nc1C1CCN(C(=O)COc2ccc(Cl)cc2C)CC1. The third kappa shape index (κ3) is 5.57. The number of nitrogens with zero attached hydrogens (tertiary/aromatic N) is 4. The number of hydrogen-bond acceptors (Lipinski definition) is 5.